The summed E-state index contributed by atoms with van der Waals surface area (Å²) in [4.78, 5) is 4.53. The number of aryl methyl sites for hydroxylation is 2. The Morgan fingerprint density at radius 3 is 2.30 bits per heavy atom. The lowest BCUT2D eigenvalue weighted by atomic mass is 9.85. The van der Waals surface area contributed by atoms with Crippen molar-refractivity contribution in [1.29, 1.82) is 0 Å². The molecule has 1 aliphatic rings. The number of anilines is 1. The van der Waals surface area contributed by atoms with Crippen LogP contribution in [0.3, 0.4) is 0 Å². The van der Waals surface area contributed by atoms with Gasteiger partial charge in [-0.3, -0.25) is 4.39 Å². The molecule has 4 heteroatoms. The van der Waals surface area contributed by atoms with E-state index in [2.05, 4.69) is 85.0 Å². The van der Waals surface area contributed by atoms with Crippen molar-refractivity contribution >= 4 is 27.9 Å². The summed E-state index contributed by atoms with van der Waals surface area (Å²) in [7, 11) is 2.07. The zero-order chi connectivity index (χ0) is 28.5. The predicted octanol–water partition coefficient (Wildman–Crippen LogP) is 9.71. The minimum Gasteiger partial charge on any atom is -0.399 e. The fourth-order valence-corrected chi connectivity index (χ4v) is 5.93. The monoisotopic (exact) mass is 539 g/mol. The normalized spacial score (nSPS) is 14.2. The number of benzene rings is 3. The van der Waals surface area contributed by atoms with E-state index in [-0.39, 0.29) is 6.67 Å². The Bertz CT molecular complexity index is 1410. The van der Waals surface area contributed by atoms with Crippen molar-refractivity contribution in [2.75, 3.05) is 12.4 Å². The molecule has 0 aliphatic heterocycles. The lowest BCUT2D eigenvalue weighted by Crippen LogP contribution is -2.01. The lowest BCUT2D eigenvalue weighted by Gasteiger charge is -2.20. The van der Waals surface area contributed by atoms with Gasteiger partial charge in [-0.25, -0.2) is 4.98 Å². The summed E-state index contributed by atoms with van der Waals surface area (Å²) in [5.74, 6) is 0.858. The van der Waals surface area contributed by atoms with Crippen LogP contribution in [0.4, 0.5) is 10.1 Å². The Labute approximate surface area is 240 Å². The lowest BCUT2D eigenvalue weighted by molar-refractivity contribution is 0.469. The Morgan fingerprint density at radius 1 is 0.950 bits per heavy atom. The number of halogens is 1. The number of aromatic nitrogens is 2. The van der Waals surface area contributed by atoms with Crippen molar-refractivity contribution in [3.63, 3.8) is 0 Å². The van der Waals surface area contributed by atoms with Crippen LogP contribution in [0.2, 0.25) is 0 Å². The van der Waals surface area contributed by atoms with Gasteiger partial charge in [0.1, 0.15) is 0 Å². The molecule has 3 aromatic carbocycles. The van der Waals surface area contributed by atoms with Gasteiger partial charge >= 0.3 is 0 Å². The van der Waals surface area contributed by atoms with E-state index in [4.69, 9.17) is 5.73 Å². The molecule has 5 rings (SSSR count). The molecule has 1 aliphatic carbocycles. The van der Waals surface area contributed by atoms with Crippen LogP contribution >= 0.6 is 0 Å². The topological polar surface area (TPSA) is 43.8 Å². The molecule has 1 heterocycles. The van der Waals surface area contributed by atoms with Gasteiger partial charge in [-0.05, 0) is 95.3 Å². The smallest absolute Gasteiger partial charge is 0.0955 e. The Balaban J connectivity index is 0.000000681. The molecule has 0 bridgehead atoms. The molecule has 2 N–H and O–H groups in total. The van der Waals surface area contributed by atoms with Gasteiger partial charge < -0.3 is 10.3 Å². The van der Waals surface area contributed by atoms with Gasteiger partial charge in [-0.2, -0.15) is 0 Å². The van der Waals surface area contributed by atoms with Gasteiger partial charge in [0.25, 0.3) is 0 Å². The number of imidazole rings is 1. The number of allylic oxidation sites excluding steroid dienone is 1. The van der Waals surface area contributed by atoms with Crippen LogP contribution < -0.4 is 5.73 Å². The highest BCUT2D eigenvalue weighted by Crippen LogP contribution is 2.38. The van der Waals surface area contributed by atoms with Crippen molar-refractivity contribution < 1.29 is 4.39 Å². The number of rotatable bonds is 9. The standard InChI is InChI=1S/C32H37N3.C4H9F/c1-4-7-29(26-14-17-30-31(20-26)35(3)21-34-30)32(28-16-15-27(33)18-22(28)2)25-12-10-24(11-13-25)19-23-8-5-6-9-23;1-2-3-4-5/h10-18,20-21,23H,4-9,19,33H2,1-3H3;2-4H2,1H3/b32-29+;. The molecule has 40 heavy (non-hydrogen) atoms. The summed E-state index contributed by atoms with van der Waals surface area (Å²) in [5.41, 5.74) is 18.3. The quantitative estimate of drug-likeness (QED) is 0.170. The SMILES string of the molecule is CCC/C(=C(/c1ccc(CC2CCCC2)cc1)c1ccc(N)cc1C)c1ccc2ncn(C)c2c1.CCCCF. The molecule has 0 spiro atoms. The number of nitrogens with two attached hydrogens (primary N) is 1. The Hall–Kier alpha value is -3.40. The van der Waals surface area contributed by atoms with E-state index in [0.29, 0.717) is 0 Å². The number of nitrogen functional groups attached to an aromatic ring is 1. The maximum atomic E-state index is 11.0. The van der Waals surface area contributed by atoms with Crippen LogP contribution in [-0.4, -0.2) is 16.2 Å². The maximum Gasteiger partial charge on any atom is 0.0955 e. The molecule has 4 aromatic rings. The Kier molecular flexibility index (Phi) is 10.6. The number of nitrogens with zero attached hydrogens (tertiary/aromatic N) is 2. The zero-order valence-corrected chi connectivity index (χ0v) is 24.8. The largest absolute Gasteiger partial charge is 0.399 e. The first-order chi connectivity index (χ1) is 19.4. The molecule has 212 valence electrons. The fourth-order valence-electron chi connectivity index (χ4n) is 5.93. The number of hydrogen-bond donors (Lipinski definition) is 1. The summed E-state index contributed by atoms with van der Waals surface area (Å²) in [6, 6.07) is 22.4. The summed E-state index contributed by atoms with van der Waals surface area (Å²) in [5, 5.41) is 0. The van der Waals surface area contributed by atoms with Gasteiger partial charge in [-0.15, -0.1) is 0 Å². The molecule has 3 nitrogen and oxygen atoms in total. The first kappa shape index (κ1) is 29.6. The minimum atomic E-state index is -0.156. The highest BCUT2D eigenvalue weighted by Gasteiger charge is 2.18. The van der Waals surface area contributed by atoms with Crippen LogP contribution in [0.1, 0.15) is 93.0 Å². The number of alkyl halides is 1. The maximum absolute atomic E-state index is 11.0. The first-order valence-electron chi connectivity index (χ1n) is 15.1. The van der Waals surface area contributed by atoms with Crippen LogP contribution in [-0.2, 0) is 13.5 Å². The molecule has 0 atom stereocenters. The number of unbranched alkanes of at least 4 members (excludes halogenated alkanes) is 1. The molecule has 0 unspecified atom stereocenters. The molecule has 0 radical (unpaired) electrons. The van der Waals surface area contributed by atoms with Gasteiger partial charge in [-0.1, -0.05) is 88.8 Å². The van der Waals surface area contributed by atoms with E-state index < -0.39 is 0 Å². The summed E-state index contributed by atoms with van der Waals surface area (Å²) in [6.07, 6.45) is 12.4. The van der Waals surface area contributed by atoms with Crippen molar-refractivity contribution in [2.24, 2.45) is 13.0 Å². The van der Waals surface area contributed by atoms with Crippen LogP contribution in [0, 0.1) is 12.8 Å². The summed E-state index contributed by atoms with van der Waals surface area (Å²) >= 11 is 0. The number of fused-ring (bicyclic) bond motifs is 1. The summed E-state index contributed by atoms with van der Waals surface area (Å²) < 4.78 is 13.1. The second kappa shape index (κ2) is 14.3. The number of hydrogen-bond acceptors (Lipinski definition) is 2. The van der Waals surface area contributed by atoms with Crippen LogP contribution in [0.25, 0.3) is 22.2 Å². The van der Waals surface area contributed by atoms with Crippen LogP contribution in [0.15, 0.2) is 67.0 Å². The molecule has 0 saturated heterocycles. The molecule has 1 fully saturated rings. The van der Waals surface area contributed by atoms with E-state index in [1.165, 1.54) is 71.1 Å². The average Bonchev–Trinajstić information content (AvgIpc) is 3.60. The highest BCUT2D eigenvalue weighted by molar-refractivity contribution is 6.00. The van der Waals surface area contributed by atoms with Crippen molar-refractivity contribution in [3.05, 3.63) is 94.8 Å². The second-order valence-corrected chi connectivity index (χ2v) is 11.3. The van der Waals surface area contributed by atoms with Crippen molar-refractivity contribution in [2.45, 2.75) is 78.6 Å². The molecule has 0 amide bonds. The van der Waals surface area contributed by atoms with E-state index in [1.807, 2.05) is 19.3 Å². The summed E-state index contributed by atoms with van der Waals surface area (Å²) in [6.45, 7) is 6.25. The third-order valence-electron chi connectivity index (χ3n) is 8.12. The van der Waals surface area contributed by atoms with Gasteiger partial charge in [0.2, 0.25) is 0 Å². The average molecular weight is 540 g/mol. The minimum absolute atomic E-state index is 0.156. The van der Waals surface area contributed by atoms with Gasteiger partial charge in [0.05, 0.1) is 24.0 Å². The van der Waals surface area contributed by atoms with E-state index in [0.717, 1.165) is 48.3 Å². The van der Waals surface area contributed by atoms with Crippen molar-refractivity contribution in [1.82, 2.24) is 9.55 Å². The van der Waals surface area contributed by atoms with E-state index in [9.17, 15) is 4.39 Å². The van der Waals surface area contributed by atoms with Crippen LogP contribution in [0.5, 0.6) is 0 Å². The van der Waals surface area contributed by atoms with Crippen molar-refractivity contribution in [3.8, 4) is 0 Å². The predicted molar refractivity (Wildman–Crippen MR) is 170 cm³/mol. The molecular formula is C36H46FN3. The molecule has 1 aromatic heterocycles. The third kappa shape index (κ3) is 7.21. The highest BCUT2D eigenvalue weighted by atomic mass is 19.1. The zero-order valence-electron chi connectivity index (χ0n) is 24.8. The molecule has 1 saturated carbocycles. The van der Waals surface area contributed by atoms with Gasteiger partial charge in [0, 0.05) is 12.7 Å². The Morgan fingerprint density at radius 2 is 1.68 bits per heavy atom. The van der Waals surface area contributed by atoms with E-state index in [1.54, 1.807) is 0 Å². The second-order valence-electron chi connectivity index (χ2n) is 11.3. The molecular weight excluding hydrogens is 493 g/mol. The fraction of sp³-hybridized carbons (Fsp3) is 0.417. The third-order valence-corrected chi connectivity index (χ3v) is 8.12. The van der Waals surface area contributed by atoms with Gasteiger partial charge in [0.15, 0.2) is 0 Å². The van der Waals surface area contributed by atoms with E-state index >= 15 is 0 Å². The first-order valence-corrected chi connectivity index (χ1v) is 15.1.